The van der Waals surface area contributed by atoms with Crippen molar-refractivity contribution in [3.8, 4) is 0 Å². The lowest BCUT2D eigenvalue weighted by Crippen LogP contribution is -2.44. The van der Waals surface area contributed by atoms with Crippen LogP contribution in [0.5, 0.6) is 0 Å². The van der Waals surface area contributed by atoms with Crippen LogP contribution in [0, 0.1) is 18.8 Å². The Morgan fingerprint density at radius 1 is 1.15 bits per heavy atom. The third-order valence-electron chi connectivity index (χ3n) is 8.91. The molecule has 0 spiro atoms. The fourth-order valence-corrected chi connectivity index (χ4v) is 6.66. The van der Waals surface area contributed by atoms with Gasteiger partial charge in [-0.25, -0.2) is 4.99 Å². The number of likely N-dealkylation sites (N-methyl/N-ethyl adjacent to an activating group) is 1. The Balaban J connectivity index is 1.60. The molecule has 0 radical (unpaired) electrons. The molecule has 2 saturated heterocycles. The van der Waals surface area contributed by atoms with Gasteiger partial charge in [0.05, 0.1) is 5.92 Å². The number of piperidine rings is 1. The van der Waals surface area contributed by atoms with E-state index in [0.717, 1.165) is 87.5 Å². The van der Waals surface area contributed by atoms with E-state index in [2.05, 4.69) is 72.4 Å². The molecule has 0 aliphatic carbocycles. The SMILES string of the molecule is CCN(c1cc(C2CCC(CN(C)C)NC2)cc(C(=O)NCC2C(=O)N=C(C)CC2C)c1C)C1CCOCC1. The summed E-state index contributed by atoms with van der Waals surface area (Å²) in [4.78, 5) is 35.2. The van der Waals surface area contributed by atoms with Crippen molar-refractivity contribution < 1.29 is 14.3 Å². The van der Waals surface area contributed by atoms with Crippen LogP contribution in [0.15, 0.2) is 17.1 Å². The minimum atomic E-state index is -0.272. The summed E-state index contributed by atoms with van der Waals surface area (Å²) < 4.78 is 5.65. The first-order valence-electron chi connectivity index (χ1n) is 14.9. The van der Waals surface area contributed by atoms with Gasteiger partial charge < -0.3 is 25.2 Å². The minimum absolute atomic E-state index is 0.0980. The highest BCUT2D eigenvalue weighted by Gasteiger charge is 2.31. The lowest BCUT2D eigenvalue weighted by molar-refractivity contribution is -0.123. The fraction of sp³-hybridized carbons (Fsp3) is 0.710. The first-order chi connectivity index (χ1) is 18.7. The lowest BCUT2D eigenvalue weighted by Gasteiger charge is -2.38. The molecule has 0 aromatic heterocycles. The summed E-state index contributed by atoms with van der Waals surface area (Å²) >= 11 is 0. The second kappa shape index (κ2) is 13.4. The van der Waals surface area contributed by atoms with Crippen molar-refractivity contribution in [2.24, 2.45) is 16.8 Å². The number of benzene rings is 1. The van der Waals surface area contributed by atoms with Gasteiger partial charge in [-0.2, -0.15) is 0 Å². The topological polar surface area (TPSA) is 86.3 Å². The molecular weight excluding hydrogens is 490 g/mol. The van der Waals surface area contributed by atoms with Crippen molar-refractivity contribution in [3.63, 3.8) is 0 Å². The van der Waals surface area contributed by atoms with E-state index < -0.39 is 0 Å². The molecule has 39 heavy (non-hydrogen) atoms. The molecule has 3 aliphatic rings. The third kappa shape index (κ3) is 7.27. The summed E-state index contributed by atoms with van der Waals surface area (Å²) in [5, 5.41) is 6.87. The molecule has 8 nitrogen and oxygen atoms in total. The molecule has 4 rings (SSSR count). The van der Waals surface area contributed by atoms with E-state index in [1.165, 1.54) is 5.56 Å². The predicted octanol–water partition coefficient (Wildman–Crippen LogP) is 3.77. The number of carbonyl (C=O) groups is 2. The van der Waals surface area contributed by atoms with Gasteiger partial charge in [0.15, 0.2) is 0 Å². The number of hydrogen-bond donors (Lipinski definition) is 2. The summed E-state index contributed by atoms with van der Waals surface area (Å²) in [6.45, 7) is 13.0. The van der Waals surface area contributed by atoms with E-state index in [1.807, 2.05) is 6.92 Å². The molecule has 3 aliphatic heterocycles. The highest BCUT2D eigenvalue weighted by Crippen LogP contribution is 2.35. The van der Waals surface area contributed by atoms with Crippen molar-refractivity contribution in [2.45, 2.75) is 77.8 Å². The van der Waals surface area contributed by atoms with Crippen LogP contribution in [0.3, 0.4) is 0 Å². The van der Waals surface area contributed by atoms with E-state index in [9.17, 15) is 9.59 Å². The van der Waals surface area contributed by atoms with Gasteiger partial charge in [-0.05, 0) is 102 Å². The van der Waals surface area contributed by atoms with Crippen molar-refractivity contribution in [1.29, 1.82) is 0 Å². The maximum Gasteiger partial charge on any atom is 0.251 e. The number of aliphatic imine (C=N–C) groups is 1. The van der Waals surface area contributed by atoms with Crippen molar-refractivity contribution in [3.05, 3.63) is 28.8 Å². The second-order valence-electron chi connectivity index (χ2n) is 12.2. The summed E-state index contributed by atoms with van der Waals surface area (Å²) in [5.41, 5.74) is 4.99. The summed E-state index contributed by atoms with van der Waals surface area (Å²) in [6.07, 6.45) is 5.01. The van der Waals surface area contributed by atoms with Gasteiger partial charge in [0.25, 0.3) is 11.8 Å². The quantitative estimate of drug-likeness (QED) is 0.497. The van der Waals surface area contributed by atoms with Crippen molar-refractivity contribution >= 4 is 23.2 Å². The molecule has 2 fully saturated rings. The molecule has 1 aromatic rings. The summed E-state index contributed by atoms with van der Waals surface area (Å²) in [6, 6.07) is 5.36. The molecule has 2 N–H and O–H groups in total. The first-order valence-corrected chi connectivity index (χ1v) is 14.9. The van der Waals surface area contributed by atoms with Gasteiger partial charge in [0.1, 0.15) is 0 Å². The highest BCUT2D eigenvalue weighted by atomic mass is 16.5. The van der Waals surface area contributed by atoms with E-state index >= 15 is 0 Å². The van der Waals surface area contributed by atoms with Gasteiger partial charge in [-0.15, -0.1) is 0 Å². The average molecular weight is 540 g/mol. The standard InChI is InChI=1S/C31H49N5O3/c1-7-36(26-10-12-39-13-11-26)29-16-24(23-8-9-25(32-17-23)19-35(5)6)15-27(22(29)4)30(37)33-18-28-20(2)14-21(3)34-31(28)38/h15-16,20,23,25-26,28,32H,7-14,17-19H2,1-6H3,(H,33,37). The number of amides is 2. The Labute approximate surface area is 234 Å². The zero-order valence-corrected chi connectivity index (χ0v) is 24.9. The Bertz CT molecular complexity index is 1040. The van der Waals surface area contributed by atoms with E-state index in [1.54, 1.807) is 0 Å². The van der Waals surface area contributed by atoms with E-state index in [0.29, 0.717) is 24.5 Å². The maximum absolute atomic E-state index is 13.7. The summed E-state index contributed by atoms with van der Waals surface area (Å²) in [5.74, 6) is 0.0473. The normalized spacial score (nSPS) is 26.4. The zero-order chi connectivity index (χ0) is 28.1. The number of ether oxygens (including phenoxy) is 1. The second-order valence-corrected chi connectivity index (χ2v) is 12.2. The van der Waals surface area contributed by atoms with Gasteiger partial charge in [0.2, 0.25) is 0 Å². The lowest BCUT2D eigenvalue weighted by atomic mass is 9.85. The predicted molar refractivity (Wildman–Crippen MR) is 158 cm³/mol. The zero-order valence-electron chi connectivity index (χ0n) is 24.9. The Morgan fingerprint density at radius 3 is 2.51 bits per heavy atom. The van der Waals surface area contributed by atoms with Crippen molar-refractivity contribution in [2.75, 3.05) is 58.4 Å². The molecule has 1 aromatic carbocycles. The van der Waals surface area contributed by atoms with Crippen LogP contribution in [-0.2, 0) is 9.53 Å². The van der Waals surface area contributed by atoms with Gasteiger partial charge in [-0.1, -0.05) is 6.92 Å². The van der Waals surface area contributed by atoms with Crippen LogP contribution in [0.25, 0.3) is 0 Å². The van der Waals surface area contributed by atoms with Crippen LogP contribution in [0.4, 0.5) is 5.69 Å². The fourth-order valence-electron chi connectivity index (χ4n) is 6.66. The molecular formula is C31H49N5O3. The maximum atomic E-state index is 13.7. The van der Waals surface area contributed by atoms with Crippen LogP contribution in [0.1, 0.15) is 80.3 Å². The van der Waals surface area contributed by atoms with Gasteiger partial charge in [0, 0.05) is 68.4 Å². The Hall–Kier alpha value is -2.29. The molecule has 0 bridgehead atoms. The van der Waals surface area contributed by atoms with Crippen LogP contribution >= 0.6 is 0 Å². The Morgan fingerprint density at radius 2 is 1.90 bits per heavy atom. The van der Waals surface area contributed by atoms with E-state index in [-0.39, 0.29) is 23.7 Å². The minimum Gasteiger partial charge on any atom is -0.381 e. The number of hydrogen-bond acceptors (Lipinski definition) is 6. The van der Waals surface area contributed by atoms with Crippen LogP contribution in [-0.4, -0.2) is 88.0 Å². The number of carbonyl (C=O) groups excluding carboxylic acids is 2. The molecule has 8 heteroatoms. The largest absolute Gasteiger partial charge is 0.381 e. The number of anilines is 1. The van der Waals surface area contributed by atoms with Gasteiger partial charge >= 0.3 is 0 Å². The summed E-state index contributed by atoms with van der Waals surface area (Å²) in [7, 11) is 4.24. The third-order valence-corrected chi connectivity index (χ3v) is 8.91. The molecule has 3 heterocycles. The first kappa shape index (κ1) is 29.7. The monoisotopic (exact) mass is 539 g/mol. The van der Waals surface area contributed by atoms with E-state index in [4.69, 9.17) is 4.74 Å². The molecule has 4 atom stereocenters. The van der Waals surface area contributed by atoms with Crippen molar-refractivity contribution in [1.82, 2.24) is 15.5 Å². The Kier molecular flexibility index (Phi) is 10.2. The van der Waals surface area contributed by atoms with Gasteiger partial charge in [-0.3, -0.25) is 9.59 Å². The molecule has 4 unspecified atom stereocenters. The highest BCUT2D eigenvalue weighted by molar-refractivity contribution is 6.00. The average Bonchev–Trinajstić information content (AvgIpc) is 2.90. The number of nitrogens with one attached hydrogen (secondary N) is 2. The number of rotatable bonds is 9. The molecule has 216 valence electrons. The molecule has 2 amide bonds. The smallest absolute Gasteiger partial charge is 0.251 e. The van der Waals surface area contributed by atoms with Crippen LogP contribution < -0.4 is 15.5 Å². The van der Waals surface area contributed by atoms with Crippen LogP contribution in [0.2, 0.25) is 0 Å². The number of nitrogens with zero attached hydrogens (tertiary/aromatic N) is 3. The molecule has 0 saturated carbocycles.